The molecule has 1 amide bonds. The molecule has 0 spiro atoms. The number of rotatable bonds is 4. The van der Waals surface area contributed by atoms with Gasteiger partial charge in [0.2, 0.25) is 0 Å². The average molecular weight is 357 g/mol. The number of halogens is 1. The van der Waals surface area contributed by atoms with E-state index < -0.39 is 4.92 Å². The van der Waals surface area contributed by atoms with Crippen molar-refractivity contribution in [3.8, 4) is 5.75 Å². The Balaban J connectivity index is 2.29. The van der Waals surface area contributed by atoms with Crippen LogP contribution in [-0.2, 0) is 0 Å². The summed E-state index contributed by atoms with van der Waals surface area (Å²) in [5.74, 6) is 0.00370. The summed E-state index contributed by atoms with van der Waals surface area (Å²) in [7, 11) is 1.43. The van der Waals surface area contributed by atoms with E-state index in [1.807, 2.05) is 0 Å². The fourth-order valence-corrected chi connectivity index (χ4v) is 2.67. The zero-order chi connectivity index (χ0) is 14.7. The molecule has 0 radical (unpaired) electrons. The van der Waals surface area contributed by atoms with Gasteiger partial charge in [-0.1, -0.05) is 0 Å². The normalized spacial score (nSPS) is 10.1. The van der Waals surface area contributed by atoms with E-state index in [2.05, 4.69) is 21.2 Å². The molecule has 2 rings (SSSR count). The monoisotopic (exact) mass is 356 g/mol. The molecule has 0 aliphatic rings. The SMILES string of the molecule is COc1ccc([N+](=O)[O-])cc1NC(=O)c1csc(Br)c1. The summed E-state index contributed by atoms with van der Waals surface area (Å²) < 4.78 is 5.91. The zero-order valence-corrected chi connectivity index (χ0v) is 12.7. The van der Waals surface area contributed by atoms with E-state index in [9.17, 15) is 14.9 Å². The maximum absolute atomic E-state index is 12.0. The molecular formula is C12H9BrN2O4S. The third-order valence-electron chi connectivity index (χ3n) is 2.47. The zero-order valence-electron chi connectivity index (χ0n) is 10.3. The molecule has 0 aliphatic carbocycles. The molecule has 2 aromatic rings. The molecule has 0 saturated carbocycles. The van der Waals surface area contributed by atoms with Crippen LogP contribution in [0.3, 0.4) is 0 Å². The smallest absolute Gasteiger partial charge is 0.271 e. The maximum atomic E-state index is 12.0. The summed E-state index contributed by atoms with van der Waals surface area (Å²) in [6.07, 6.45) is 0. The van der Waals surface area contributed by atoms with Crippen LogP contribution < -0.4 is 10.1 Å². The lowest BCUT2D eigenvalue weighted by Crippen LogP contribution is -2.11. The molecule has 6 nitrogen and oxygen atoms in total. The molecule has 0 atom stereocenters. The lowest BCUT2D eigenvalue weighted by atomic mass is 10.2. The highest BCUT2D eigenvalue weighted by Gasteiger charge is 2.15. The van der Waals surface area contributed by atoms with Gasteiger partial charge in [-0.3, -0.25) is 14.9 Å². The number of hydrogen-bond acceptors (Lipinski definition) is 5. The van der Waals surface area contributed by atoms with Crippen molar-refractivity contribution in [1.29, 1.82) is 0 Å². The van der Waals surface area contributed by atoms with E-state index in [0.717, 1.165) is 3.79 Å². The molecule has 1 aromatic heterocycles. The van der Waals surface area contributed by atoms with Crippen LogP contribution in [0.5, 0.6) is 5.75 Å². The van der Waals surface area contributed by atoms with E-state index in [1.54, 1.807) is 11.4 Å². The molecular weight excluding hydrogens is 348 g/mol. The Morgan fingerprint density at radius 2 is 2.20 bits per heavy atom. The van der Waals surface area contributed by atoms with Gasteiger partial charge in [-0.15, -0.1) is 11.3 Å². The molecule has 104 valence electrons. The Kier molecular flexibility index (Phi) is 4.35. The first-order chi connectivity index (χ1) is 9.51. The number of nitro groups is 1. The molecule has 8 heteroatoms. The van der Waals surface area contributed by atoms with Gasteiger partial charge in [0, 0.05) is 17.5 Å². The van der Waals surface area contributed by atoms with Crippen LogP contribution in [0.2, 0.25) is 0 Å². The largest absolute Gasteiger partial charge is 0.495 e. The third kappa shape index (κ3) is 3.14. The van der Waals surface area contributed by atoms with Crippen LogP contribution >= 0.6 is 27.3 Å². The summed E-state index contributed by atoms with van der Waals surface area (Å²) in [4.78, 5) is 22.3. The van der Waals surface area contributed by atoms with E-state index >= 15 is 0 Å². The number of carbonyl (C=O) groups excluding carboxylic acids is 1. The van der Waals surface area contributed by atoms with Crippen LogP contribution in [0.1, 0.15) is 10.4 Å². The Morgan fingerprint density at radius 3 is 2.75 bits per heavy atom. The lowest BCUT2D eigenvalue weighted by molar-refractivity contribution is -0.384. The van der Waals surface area contributed by atoms with Crippen molar-refractivity contribution in [3.63, 3.8) is 0 Å². The van der Waals surface area contributed by atoms with E-state index in [4.69, 9.17) is 4.74 Å². The number of non-ortho nitro benzene ring substituents is 1. The molecule has 0 fully saturated rings. The van der Waals surface area contributed by atoms with Gasteiger partial charge in [-0.25, -0.2) is 0 Å². The topological polar surface area (TPSA) is 81.5 Å². The number of anilines is 1. The number of amides is 1. The van der Waals surface area contributed by atoms with Crippen LogP contribution in [0, 0.1) is 10.1 Å². The van der Waals surface area contributed by atoms with Gasteiger partial charge >= 0.3 is 0 Å². The average Bonchev–Trinajstić information content (AvgIpc) is 2.85. The highest BCUT2D eigenvalue weighted by atomic mass is 79.9. The van der Waals surface area contributed by atoms with Crippen molar-refractivity contribution < 1.29 is 14.5 Å². The van der Waals surface area contributed by atoms with E-state index in [1.165, 1.54) is 36.6 Å². The van der Waals surface area contributed by atoms with E-state index in [0.29, 0.717) is 11.3 Å². The first-order valence-corrected chi connectivity index (χ1v) is 7.06. The second-order valence-corrected chi connectivity index (χ2v) is 6.03. The van der Waals surface area contributed by atoms with Gasteiger partial charge in [-0.05, 0) is 28.1 Å². The summed E-state index contributed by atoms with van der Waals surface area (Å²) in [6.45, 7) is 0. The molecule has 0 bridgehead atoms. The van der Waals surface area contributed by atoms with Gasteiger partial charge < -0.3 is 10.1 Å². The molecule has 1 N–H and O–H groups in total. The van der Waals surface area contributed by atoms with Gasteiger partial charge in [0.1, 0.15) is 5.75 Å². The number of nitrogens with one attached hydrogen (secondary N) is 1. The molecule has 0 saturated heterocycles. The third-order valence-corrected chi connectivity index (χ3v) is 3.98. The fourth-order valence-electron chi connectivity index (χ4n) is 1.53. The van der Waals surface area contributed by atoms with Crippen LogP contribution in [0.15, 0.2) is 33.4 Å². The lowest BCUT2D eigenvalue weighted by Gasteiger charge is -2.09. The molecule has 1 heterocycles. The fraction of sp³-hybridized carbons (Fsp3) is 0.0833. The highest BCUT2D eigenvalue weighted by Crippen LogP contribution is 2.30. The van der Waals surface area contributed by atoms with Crippen molar-refractivity contribution >= 4 is 44.5 Å². The summed E-state index contributed by atoms with van der Waals surface area (Å²) in [5, 5.41) is 15.0. The number of thiophene rings is 1. The number of nitrogens with zero attached hydrogens (tertiary/aromatic N) is 1. The van der Waals surface area contributed by atoms with Gasteiger partial charge in [-0.2, -0.15) is 0 Å². The van der Waals surface area contributed by atoms with Crippen molar-refractivity contribution in [3.05, 3.63) is 49.1 Å². The number of carbonyl (C=O) groups is 1. The maximum Gasteiger partial charge on any atom is 0.271 e. The Bertz CT molecular complexity index is 671. The highest BCUT2D eigenvalue weighted by molar-refractivity contribution is 9.11. The Hall–Kier alpha value is -1.93. The second-order valence-electron chi connectivity index (χ2n) is 3.74. The first kappa shape index (κ1) is 14.5. The van der Waals surface area contributed by atoms with Gasteiger partial charge in [0.15, 0.2) is 0 Å². The van der Waals surface area contributed by atoms with E-state index in [-0.39, 0.29) is 17.3 Å². The molecule has 0 aliphatic heterocycles. The number of ether oxygens (including phenoxy) is 1. The molecule has 20 heavy (non-hydrogen) atoms. The first-order valence-electron chi connectivity index (χ1n) is 5.39. The standard InChI is InChI=1S/C12H9BrN2O4S/c1-19-10-3-2-8(15(17)18)5-9(10)14-12(16)7-4-11(13)20-6-7/h2-6H,1H3,(H,14,16). The summed E-state index contributed by atoms with van der Waals surface area (Å²) in [5.41, 5.74) is 0.608. The van der Waals surface area contributed by atoms with Crippen molar-refractivity contribution in [2.75, 3.05) is 12.4 Å². The minimum Gasteiger partial charge on any atom is -0.495 e. The van der Waals surface area contributed by atoms with Crippen LogP contribution in [-0.4, -0.2) is 17.9 Å². The van der Waals surface area contributed by atoms with Crippen molar-refractivity contribution in [2.24, 2.45) is 0 Å². The minimum atomic E-state index is -0.531. The summed E-state index contributed by atoms with van der Waals surface area (Å²) in [6, 6.07) is 5.69. The number of nitro benzene ring substituents is 1. The minimum absolute atomic E-state index is 0.118. The Morgan fingerprint density at radius 1 is 1.45 bits per heavy atom. The van der Waals surface area contributed by atoms with Crippen molar-refractivity contribution in [2.45, 2.75) is 0 Å². The van der Waals surface area contributed by atoms with Crippen LogP contribution in [0.4, 0.5) is 11.4 Å². The predicted octanol–water partition coefficient (Wildman–Crippen LogP) is 3.68. The second kappa shape index (κ2) is 6.02. The molecule has 0 unspecified atom stereocenters. The number of hydrogen-bond donors (Lipinski definition) is 1. The van der Waals surface area contributed by atoms with Gasteiger partial charge in [0.05, 0.1) is 27.1 Å². The number of methoxy groups -OCH3 is 1. The number of benzene rings is 1. The molecule has 1 aromatic carbocycles. The predicted molar refractivity (Wildman–Crippen MR) is 79.6 cm³/mol. The van der Waals surface area contributed by atoms with Gasteiger partial charge in [0.25, 0.3) is 11.6 Å². The Labute approximate surface area is 126 Å². The van der Waals surface area contributed by atoms with Crippen LogP contribution in [0.25, 0.3) is 0 Å². The summed E-state index contributed by atoms with van der Waals surface area (Å²) >= 11 is 4.65. The van der Waals surface area contributed by atoms with Crippen molar-refractivity contribution in [1.82, 2.24) is 0 Å². The quantitative estimate of drug-likeness (QED) is 0.669.